The van der Waals surface area contributed by atoms with Crippen molar-refractivity contribution >= 4 is 18.0 Å². The average Bonchev–Trinajstić information content (AvgIpc) is 2.59. The fourth-order valence-electron chi connectivity index (χ4n) is 1.41. The summed E-state index contributed by atoms with van der Waals surface area (Å²) in [7, 11) is 1.43. The summed E-state index contributed by atoms with van der Waals surface area (Å²) in [4.78, 5) is 32.7. The van der Waals surface area contributed by atoms with Crippen LogP contribution >= 0.6 is 0 Å². The van der Waals surface area contributed by atoms with Crippen molar-refractivity contribution in [1.82, 2.24) is 9.88 Å². The maximum atomic E-state index is 11.4. The lowest BCUT2D eigenvalue weighted by atomic mass is 10.3. The van der Waals surface area contributed by atoms with Crippen LogP contribution in [0.4, 0.5) is 0 Å². The van der Waals surface area contributed by atoms with Crippen molar-refractivity contribution in [3.05, 3.63) is 30.1 Å². The summed E-state index contributed by atoms with van der Waals surface area (Å²) >= 11 is 0. The third kappa shape index (κ3) is 2.47. The Morgan fingerprint density at radius 3 is 2.94 bits per heavy atom. The highest BCUT2D eigenvalue weighted by atomic mass is 16.6. The molecule has 0 radical (unpaired) electrons. The first-order valence-corrected chi connectivity index (χ1v) is 5.09. The molecule has 0 aliphatic carbocycles. The van der Waals surface area contributed by atoms with Crippen LogP contribution in [0.3, 0.4) is 0 Å². The summed E-state index contributed by atoms with van der Waals surface area (Å²) in [6.45, 7) is 0. The molecule has 6 heteroatoms. The Morgan fingerprint density at radius 2 is 2.35 bits per heavy atom. The molecule has 0 aromatic carbocycles. The van der Waals surface area contributed by atoms with Crippen LogP contribution in [0.25, 0.3) is 0 Å². The average molecular weight is 233 g/mol. The van der Waals surface area contributed by atoms with Crippen molar-refractivity contribution in [2.45, 2.75) is 12.5 Å². The van der Waals surface area contributed by atoms with Gasteiger partial charge in [0.2, 0.25) is 12.0 Å². The van der Waals surface area contributed by atoms with Crippen LogP contribution in [0.5, 0.6) is 0 Å². The highest BCUT2D eigenvalue weighted by Crippen LogP contribution is 2.14. The maximum absolute atomic E-state index is 11.4. The summed E-state index contributed by atoms with van der Waals surface area (Å²) in [6, 6.07) is 5.35. The van der Waals surface area contributed by atoms with E-state index in [2.05, 4.69) is 10.1 Å². The molecule has 1 aliphatic heterocycles. The highest BCUT2D eigenvalue weighted by molar-refractivity contribution is 6.04. The van der Waals surface area contributed by atoms with Crippen molar-refractivity contribution in [2.75, 3.05) is 7.05 Å². The molecule has 0 saturated carbocycles. The lowest BCUT2D eigenvalue weighted by molar-refractivity contribution is -0.140. The van der Waals surface area contributed by atoms with Crippen molar-refractivity contribution in [3.63, 3.8) is 0 Å². The first-order chi connectivity index (χ1) is 8.18. The van der Waals surface area contributed by atoms with Gasteiger partial charge in [0.1, 0.15) is 0 Å². The summed E-state index contributed by atoms with van der Waals surface area (Å²) < 4.78 is 0. The third-order valence-corrected chi connectivity index (χ3v) is 2.40. The summed E-state index contributed by atoms with van der Waals surface area (Å²) in [5.41, 5.74) is 0.623. The van der Waals surface area contributed by atoms with Crippen LogP contribution in [0.15, 0.2) is 29.6 Å². The van der Waals surface area contributed by atoms with Crippen LogP contribution < -0.4 is 0 Å². The van der Waals surface area contributed by atoms with E-state index in [1.165, 1.54) is 13.3 Å². The second kappa shape index (κ2) is 4.73. The molecule has 6 nitrogen and oxygen atoms in total. The van der Waals surface area contributed by atoms with E-state index < -0.39 is 6.10 Å². The number of oxime groups is 1. The molecule has 2 heterocycles. The lowest BCUT2D eigenvalue weighted by Gasteiger charge is -2.06. The zero-order chi connectivity index (χ0) is 12.3. The van der Waals surface area contributed by atoms with Crippen LogP contribution in [0.2, 0.25) is 0 Å². The van der Waals surface area contributed by atoms with Gasteiger partial charge < -0.3 is 4.84 Å². The molecule has 1 saturated heterocycles. The van der Waals surface area contributed by atoms with Crippen molar-refractivity contribution in [2.24, 2.45) is 5.16 Å². The molecule has 1 aromatic heterocycles. The Labute approximate surface area is 97.9 Å². The fourth-order valence-corrected chi connectivity index (χ4v) is 1.41. The number of aromatic nitrogens is 1. The van der Waals surface area contributed by atoms with Gasteiger partial charge in [-0.3, -0.25) is 19.5 Å². The number of rotatable bonds is 3. The van der Waals surface area contributed by atoms with Crippen molar-refractivity contribution in [3.8, 4) is 0 Å². The Hall–Kier alpha value is -2.24. The van der Waals surface area contributed by atoms with Crippen LogP contribution in [-0.4, -0.2) is 41.1 Å². The molecule has 1 unspecified atom stereocenters. The van der Waals surface area contributed by atoms with E-state index in [1.807, 2.05) is 6.07 Å². The van der Waals surface area contributed by atoms with E-state index in [4.69, 9.17) is 4.84 Å². The van der Waals surface area contributed by atoms with Gasteiger partial charge in [0.25, 0.3) is 5.91 Å². The van der Waals surface area contributed by atoms with E-state index in [0.29, 0.717) is 5.69 Å². The second-order valence-corrected chi connectivity index (χ2v) is 3.58. The van der Waals surface area contributed by atoms with Gasteiger partial charge in [-0.1, -0.05) is 11.2 Å². The van der Waals surface area contributed by atoms with Crippen LogP contribution in [-0.2, 0) is 14.4 Å². The number of hydrogen-bond donors (Lipinski definition) is 0. The molecule has 1 aromatic rings. The van der Waals surface area contributed by atoms with Crippen LogP contribution in [0, 0.1) is 0 Å². The van der Waals surface area contributed by atoms with Gasteiger partial charge in [-0.25, -0.2) is 0 Å². The first-order valence-electron chi connectivity index (χ1n) is 5.09. The molecule has 2 amide bonds. The molecule has 0 bridgehead atoms. The van der Waals surface area contributed by atoms with E-state index in [0.717, 1.165) is 4.90 Å². The number of carbonyl (C=O) groups is 2. The minimum atomic E-state index is -0.813. The largest absolute Gasteiger partial charge is 0.382 e. The Balaban J connectivity index is 1.93. The van der Waals surface area contributed by atoms with Gasteiger partial charge in [0, 0.05) is 13.2 Å². The predicted octanol–water partition coefficient (Wildman–Crippen LogP) is 0.189. The zero-order valence-corrected chi connectivity index (χ0v) is 9.24. The Bertz CT molecular complexity index is 458. The molecule has 1 atom stereocenters. The smallest absolute Gasteiger partial charge is 0.273 e. The molecule has 88 valence electrons. The van der Waals surface area contributed by atoms with Gasteiger partial charge in [-0.15, -0.1) is 0 Å². The number of likely N-dealkylation sites (tertiary alicyclic amines) is 1. The molecule has 17 heavy (non-hydrogen) atoms. The minimum absolute atomic E-state index is 0.0366. The van der Waals surface area contributed by atoms with E-state index in [1.54, 1.807) is 18.3 Å². The molecular formula is C11H11N3O3. The maximum Gasteiger partial charge on any atom is 0.273 e. The van der Waals surface area contributed by atoms with Gasteiger partial charge in [0.15, 0.2) is 0 Å². The quantitative estimate of drug-likeness (QED) is 0.424. The van der Waals surface area contributed by atoms with Crippen molar-refractivity contribution < 1.29 is 14.4 Å². The number of imide groups is 1. The SMILES string of the molecule is CN1C(=O)CC(O/N=C/c2ccccn2)C1=O. The standard InChI is InChI=1S/C11H11N3O3/c1-14-10(15)6-9(11(14)16)17-13-7-8-4-2-3-5-12-8/h2-5,7,9H,6H2,1H3/b13-7+. The predicted molar refractivity (Wildman–Crippen MR) is 59.1 cm³/mol. The number of nitrogens with zero attached hydrogens (tertiary/aromatic N) is 3. The second-order valence-electron chi connectivity index (χ2n) is 3.58. The molecule has 0 N–H and O–H groups in total. The van der Waals surface area contributed by atoms with E-state index in [9.17, 15) is 9.59 Å². The molecule has 1 fully saturated rings. The van der Waals surface area contributed by atoms with Gasteiger partial charge in [0.05, 0.1) is 18.3 Å². The lowest BCUT2D eigenvalue weighted by Crippen LogP contribution is -2.28. The summed E-state index contributed by atoms with van der Waals surface area (Å²) in [5, 5.41) is 3.66. The normalized spacial score (nSPS) is 20.3. The molecule has 0 spiro atoms. The number of likely N-dealkylation sites (N-methyl/N-ethyl adjacent to an activating group) is 1. The molecule has 2 rings (SSSR count). The van der Waals surface area contributed by atoms with Gasteiger partial charge in [-0.2, -0.15) is 0 Å². The summed E-state index contributed by atoms with van der Waals surface area (Å²) in [6.07, 6.45) is 2.25. The monoisotopic (exact) mass is 233 g/mol. The number of hydrogen-bond acceptors (Lipinski definition) is 5. The number of amides is 2. The zero-order valence-electron chi connectivity index (χ0n) is 9.24. The Morgan fingerprint density at radius 1 is 1.53 bits per heavy atom. The van der Waals surface area contributed by atoms with Crippen molar-refractivity contribution in [1.29, 1.82) is 0 Å². The van der Waals surface area contributed by atoms with Crippen LogP contribution in [0.1, 0.15) is 12.1 Å². The number of pyridine rings is 1. The third-order valence-electron chi connectivity index (χ3n) is 2.40. The van der Waals surface area contributed by atoms with Gasteiger partial charge in [-0.05, 0) is 12.1 Å². The summed E-state index contributed by atoms with van der Waals surface area (Å²) in [5.74, 6) is -0.624. The number of carbonyl (C=O) groups excluding carboxylic acids is 2. The molecule has 1 aliphatic rings. The highest BCUT2D eigenvalue weighted by Gasteiger charge is 2.38. The first kappa shape index (κ1) is 11.3. The van der Waals surface area contributed by atoms with E-state index >= 15 is 0 Å². The van der Waals surface area contributed by atoms with E-state index in [-0.39, 0.29) is 18.2 Å². The van der Waals surface area contributed by atoms with Gasteiger partial charge >= 0.3 is 0 Å². The topological polar surface area (TPSA) is 71.9 Å². The Kier molecular flexibility index (Phi) is 3.13. The minimum Gasteiger partial charge on any atom is -0.382 e. The molecular weight excluding hydrogens is 222 g/mol. The fraction of sp³-hybridized carbons (Fsp3) is 0.273.